The minimum atomic E-state index is -3.46. The number of hydrogen-bond donors (Lipinski definition) is 1. The number of benzene rings is 1. The summed E-state index contributed by atoms with van der Waals surface area (Å²) in [7, 11) is -1.78. The molecule has 1 N–H and O–H groups in total. The van der Waals surface area contributed by atoms with Crippen molar-refractivity contribution in [3.63, 3.8) is 0 Å². The molecule has 6 heteroatoms. The lowest BCUT2D eigenvalue weighted by atomic mass is 9.95. The van der Waals surface area contributed by atoms with Crippen LogP contribution in [0.5, 0.6) is 0 Å². The summed E-state index contributed by atoms with van der Waals surface area (Å²) in [4.78, 5) is 14.4. The van der Waals surface area contributed by atoms with Gasteiger partial charge in [0.1, 0.15) is 0 Å². The molecular formula is C16H24N2O3S. The van der Waals surface area contributed by atoms with Crippen molar-refractivity contribution in [2.24, 2.45) is 0 Å². The fourth-order valence-corrected chi connectivity index (χ4v) is 4.50. The fourth-order valence-electron chi connectivity index (χ4n) is 3.08. The number of nitrogens with zero attached hydrogens (tertiary/aromatic N) is 1. The third-order valence-corrected chi connectivity index (χ3v) is 6.36. The summed E-state index contributed by atoms with van der Waals surface area (Å²) in [6, 6.07) is 7.90. The van der Waals surface area contributed by atoms with Gasteiger partial charge >= 0.3 is 0 Å². The number of hydrogen-bond acceptors (Lipinski definition) is 4. The molecule has 0 radical (unpaired) electrons. The van der Waals surface area contributed by atoms with Crippen LogP contribution in [-0.4, -0.2) is 50.4 Å². The molecule has 1 heterocycles. The summed E-state index contributed by atoms with van der Waals surface area (Å²) in [6.07, 6.45) is 1.85. The average Bonchev–Trinajstić information content (AvgIpc) is 2.46. The summed E-state index contributed by atoms with van der Waals surface area (Å²) < 4.78 is 23.3. The van der Waals surface area contributed by atoms with Crippen molar-refractivity contribution in [2.75, 3.05) is 26.4 Å². The summed E-state index contributed by atoms with van der Waals surface area (Å²) in [5, 5.41) is 3.13. The van der Waals surface area contributed by atoms with Crippen LogP contribution in [0.1, 0.15) is 24.0 Å². The third kappa shape index (κ3) is 3.33. The Morgan fingerprint density at radius 2 is 1.95 bits per heavy atom. The predicted octanol–water partition coefficient (Wildman–Crippen LogP) is 1.12. The standard InChI is InChI=1S/C16H24N2O3S/c1-13-5-4-6-14(11-13)12-18(2)15(19)16(22(3,20)21)7-9-17-10-8-16/h4-6,11,17H,7-10,12H2,1-3H3. The van der Waals surface area contributed by atoms with E-state index >= 15 is 0 Å². The van der Waals surface area contributed by atoms with Gasteiger partial charge in [-0.2, -0.15) is 0 Å². The minimum Gasteiger partial charge on any atom is -0.340 e. The highest BCUT2D eigenvalue weighted by Crippen LogP contribution is 2.30. The van der Waals surface area contributed by atoms with Gasteiger partial charge in [0.25, 0.3) is 0 Å². The van der Waals surface area contributed by atoms with Crippen molar-refractivity contribution in [1.29, 1.82) is 0 Å². The summed E-state index contributed by atoms with van der Waals surface area (Å²) in [6.45, 7) is 3.52. The first-order valence-electron chi connectivity index (χ1n) is 7.48. The van der Waals surface area contributed by atoms with Crippen LogP contribution in [0.15, 0.2) is 24.3 Å². The van der Waals surface area contributed by atoms with E-state index in [1.165, 1.54) is 6.26 Å². The van der Waals surface area contributed by atoms with E-state index in [0.29, 0.717) is 32.5 Å². The van der Waals surface area contributed by atoms with E-state index in [-0.39, 0.29) is 5.91 Å². The number of amides is 1. The quantitative estimate of drug-likeness (QED) is 0.901. The van der Waals surface area contributed by atoms with E-state index in [2.05, 4.69) is 5.32 Å². The van der Waals surface area contributed by atoms with E-state index < -0.39 is 14.6 Å². The smallest absolute Gasteiger partial charge is 0.244 e. The molecule has 122 valence electrons. The largest absolute Gasteiger partial charge is 0.340 e. The molecule has 0 aliphatic carbocycles. The zero-order valence-electron chi connectivity index (χ0n) is 13.4. The molecule has 0 spiro atoms. The highest BCUT2D eigenvalue weighted by atomic mass is 32.2. The molecule has 1 aromatic carbocycles. The molecule has 0 unspecified atom stereocenters. The second kappa shape index (κ2) is 6.38. The van der Waals surface area contributed by atoms with Crippen LogP contribution in [0.3, 0.4) is 0 Å². The molecule has 22 heavy (non-hydrogen) atoms. The van der Waals surface area contributed by atoms with E-state index in [4.69, 9.17) is 0 Å². The van der Waals surface area contributed by atoms with Gasteiger partial charge in [-0.25, -0.2) is 8.42 Å². The zero-order valence-corrected chi connectivity index (χ0v) is 14.2. The van der Waals surface area contributed by atoms with Crippen molar-refractivity contribution >= 4 is 15.7 Å². The number of rotatable bonds is 4. The Morgan fingerprint density at radius 1 is 1.32 bits per heavy atom. The third-order valence-electron chi connectivity index (χ3n) is 4.36. The van der Waals surface area contributed by atoms with E-state index in [0.717, 1.165) is 11.1 Å². The maximum absolute atomic E-state index is 12.9. The van der Waals surface area contributed by atoms with Gasteiger partial charge in [-0.15, -0.1) is 0 Å². The van der Waals surface area contributed by atoms with Crippen LogP contribution in [0, 0.1) is 6.92 Å². The summed E-state index contributed by atoms with van der Waals surface area (Å²) in [5.74, 6) is -0.294. The Kier molecular flexibility index (Phi) is 4.92. The Balaban J connectivity index is 2.23. The van der Waals surface area contributed by atoms with Crippen molar-refractivity contribution in [3.8, 4) is 0 Å². The van der Waals surface area contributed by atoms with Crippen LogP contribution in [0.25, 0.3) is 0 Å². The second-order valence-corrected chi connectivity index (χ2v) is 8.49. The van der Waals surface area contributed by atoms with Gasteiger partial charge in [-0.1, -0.05) is 29.8 Å². The Labute approximate surface area is 132 Å². The topological polar surface area (TPSA) is 66.5 Å². The van der Waals surface area contributed by atoms with Crippen LogP contribution in [0.2, 0.25) is 0 Å². The molecule has 0 saturated carbocycles. The monoisotopic (exact) mass is 324 g/mol. The highest BCUT2D eigenvalue weighted by Gasteiger charge is 2.49. The summed E-state index contributed by atoms with van der Waals surface area (Å²) >= 11 is 0. The number of carbonyl (C=O) groups is 1. The Morgan fingerprint density at radius 3 is 2.50 bits per heavy atom. The summed E-state index contributed by atoms with van der Waals surface area (Å²) in [5.41, 5.74) is 2.13. The lowest BCUT2D eigenvalue weighted by Gasteiger charge is -2.37. The van der Waals surface area contributed by atoms with Gasteiger partial charge in [0, 0.05) is 19.8 Å². The van der Waals surface area contributed by atoms with Crippen molar-refractivity contribution in [2.45, 2.75) is 31.1 Å². The number of nitrogens with one attached hydrogen (secondary N) is 1. The molecule has 0 atom stereocenters. The lowest BCUT2D eigenvalue weighted by Crippen LogP contribution is -2.57. The molecule has 1 fully saturated rings. The first-order chi connectivity index (χ1) is 10.3. The average molecular weight is 324 g/mol. The molecule has 1 amide bonds. The maximum atomic E-state index is 12.9. The molecule has 2 rings (SSSR count). The lowest BCUT2D eigenvalue weighted by molar-refractivity contribution is -0.134. The van der Waals surface area contributed by atoms with Crippen molar-refractivity contribution in [1.82, 2.24) is 10.2 Å². The first kappa shape index (κ1) is 17.0. The molecule has 0 aromatic heterocycles. The normalized spacial score (nSPS) is 18.0. The zero-order chi connectivity index (χ0) is 16.4. The molecule has 1 aromatic rings. The molecular weight excluding hydrogens is 300 g/mol. The number of carbonyl (C=O) groups excluding carboxylic acids is 1. The highest BCUT2D eigenvalue weighted by molar-refractivity contribution is 7.92. The van der Waals surface area contributed by atoms with Crippen molar-refractivity contribution in [3.05, 3.63) is 35.4 Å². The predicted molar refractivity (Wildman–Crippen MR) is 87.3 cm³/mol. The Hall–Kier alpha value is -1.40. The van der Waals surface area contributed by atoms with Crippen LogP contribution >= 0.6 is 0 Å². The number of aryl methyl sites for hydroxylation is 1. The fraction of sp³-hybridized carbons (Fsp3) is 0.562. The van der Waals surface area contributed by atoms with Gasteiger partial charge < -0.3 is 10.2 Å². The number of sulfone groups is 1. The first-order valence-corrected chi connectivity index (χ1v) is 9.37. The van der Waals surface area contributed by atoms with Gasteiger partial charge in [-0.3, -0.25) is 4.79 Å². The van der Waals surface area contributed by atoms with E-state index in [1.54, 1.807) is 11.9 Å². The molecule has 1 saturated heterocycles. The maximum Gasteiger partial charge on any atom is 0.244 e. The molecule has 0 bridgehead atoms. The van der Waals surface area contributed by atoms with Crippen molar-refractivity contribution < 1.29 is 13.2 Å². The van der Waals surface area contributed by atoms with Gasteiger partial charge in [0.05, 0.1) is 0 Å². The Bertz CT molecular complexity index is 649. The van der Waals surface area contributed by atoms with Crippen LogP contribution in [-0.2, 0) is 21.2 Å². The SMILES string of the molecule is Cc1cccc(CN(C)C(=O)C2(S(C)(=O)=O)CCNCC2)c1. The molecule has 1 aliphatic heterocycles. The molecule has 5 nitrogen and oxygen atoms in total. The van der Waals surface area contributed by atoms with Gasteiger partial charge in [0.2, 0.25) is 5.91 Å². The second-order valence-electron chi connectivity index (χ2n) is 6.17. The van der Waals surface area contributed by atoms with Gasteiger partial charge in [-0.05, 0) is 38.4 Å². The van der Waals surface area contributed by atoms with Crippen LogP contribution in [0.4, 0.5) is 0 Å². The van der Waals surface area contributed by atoms with Crippen LogP contribution < -0.4 is 5.32 Å². The van der Waals surface area contributed by atoms with Gasteiger partial charge in [0.15, 0.2) is 14.6 Å². The van der Waals surface area contributed by atoms with E-state index in [1.807, 2.05) is 31.2 Å². The van der Waals surface area contributed by atoms with E-state index in [9.17, 15) is 13.2 Å². The molecule has 1 aliphatic rings. The number of piperidine rings is 1. The minimum absolute atomic E-state index is 0.294.